The molecule has 3 rings (SSSR count). The summed E-state index contributed by atoms with van der Waals surface area (Å²) in [6.07, 6.45) is 16.7. The quantitative estimate of drug-likeness (QED) is 0.295. The largest absolute Gasteiger partial charge is 3.00 e. The zero-order valence-corrected chi connectivity index (χ0v) is 17.3. The van der Waals surface area contributed by atoms with Gasteiger partial charge in [-0.3, -0.25) is 4.99 Å². The first-order chi connectivity index (χ1) is 8.95. The summed E-state index contributed by atoms with van der Waals surface area (Å²) in [5.74, 6) is 1.68. The van der Waals surface area contributed by atoms with Gasteiger partial charge in [0.1, 0.15) is 5.76 Å². The first kappa shape index (κ1) is 27.1. The number of hydrogen-bond donors (Lipinski definition) is 0. The molecule has 0 bridgehead atoms. The van der Waals surface area contributed by atoms with Crippen molar-refractivity contribution in [1.29, 1.82) is 0 Å². The summed E-state index contributed by atoms with van der Waals surface area (Å²) >= 11 is 0. The summed E-state index contributed by atoms with van der Waals surface area (Å²) in [4.78, 5) is 4.38. The van der Waals surface area contributed by atoms with Crippen molar-refractivity contribution >= 4 is 6.21 Å². The monoisotopic (exact) mass is 460 g/mol. The maximum absolute atomic E-state index is 5.18. The molecule has 129 valence electrons. The molecule has 0 unspecified atom stereocenters. The van der Waals surface area contributed by atoms with Crippen LogP contribution in [0.25, 0.3) is 0 Å². The van der Waals surface area contributed by atoms with Crippen molar-refractivity contribution in [1.82, 2.24) is 0 Å². The van der Waals surface area contributed by atoms with Crippen LogP contribution in [-0.2, 0) is 23.6 Å². The van der Waals surface area contributed by atoms with Gasteiger partial charge in [0.15, 0.2) is 0 Å². The maximum atomic E-state index is 5.18. The van der Waals surface area contributed by atoms with Gasteiger partial charge in [-0.25, -0.2) is 0 Å². The summed E-state index contributed by atoms with van der Waals surface area (Å²) in [5, 5.41) is 0. The average molecular weight is 460 g/mol. The first-order valence-corrected chi connectivity index (χ1v) is 7.47. The molecular weight excluding hydrogens is 429 g/mol. The molecule has 2 aliphatic carbocycles. The standard InChI is InChI=1S/C11H15NO.C5H10.2CH3.Fe.HI/c1-2-5-10(4-1)8-12-9-11-6-3-7-13-11;1-2-4-5-3-1;;;;/h3,6-8,10H,1-2,4-5,9H2;1-5H2;2*1H3;;1H/q;;2*-1;+3;/p-1. The molecular formula is C18H31FeINO. The van der Waals surface area contributed by atoms with Crippen molar-refractivity contribution in [2.45, 2.75) is 64.3 Å². The summed E-state index contributed by atoms with van der Waals surface area (Å²) in [7, 11) is 0. The van der Waals surface area contributed by atoms with Crippen LogP contribution in [0, 0.1) is 20.8 Å². The second kappa shape index (κ2) is 17.6. The predicted molar refractivity (Wildman–Crippen MR) is 88.8 cm³/mol. The third-order valence-corrected chi connectivity index (χ3v) is 3.79. The predicted octanol–water partition coefficient (Wildman–Crippen LogP) is 2.89. The van der Waals surface area contributed by atoms with Crippen LogP contribution in [-0.4, -0.2) is 6.21 Å². The van der Waals surface area contributed by atoms with Crippen LogP contribution in [0.2, 0.25) is 0 Å². The van der Waals surface area contributed by atoms with E-state index in [0.717, 1.165) is 11.7 Å². The normalized spacial score (nSPS) is 16.5. The van der Waals surface area contributed by atoms with Crippen molar-refractivity contribution < 1.29 is 45.5 Å². The molecule has 1 radical (unpaired) electrons. The van der Waals surface area contributed by atoms with E-state index in [4.69, 9.17) is 4.42 Å². The molecule has 0 aliphatic heterocycles. The van der Waals surface area contributed by atoms with Gasteiger partial charge in [0, 0.05) is 6.21 Å². The summed E-state index contributed by atoms with van der Waals surface area (Å²) < 4.78 is 5.18. The van der Waals surface area contributed by atoms with Crippen LogP contribution in [0.1, 0.15) is 63.5 Å². The number of furan rings is 1. The molecule has 1 aromatic rings. The average Bonchev–Trinajstić information content (AvgIpc) is 3.16. The van der Waals surface area contributed by atoms with Gasteiger partial charge in [-0.05, 0) is 30.9 Å². The van der Waals surface area contributed by atoms with Gasteiger partial charge in [0.05, 0.1) is 12.8 Å². The van der Waals surface area contributed by atoms with Gasteiger partial charge in [-0.1, -0.05) is 44.9 Å². The van der Waals surface area contributed by atoms with Crippen molar-refractivity contribution in [3.63, 3.8) is 0 Å². The molecule has 0 aromatic carbocycles. The molecule has 0 spiro atoms. The Balaban J connectivity index is -0.000000351. The molecule has 1 aromatic heterocycles. The molecule has 0 saturated heterocycles. The van der Waals surface area contributed by atoms with Gasteiger partial charge < -0.3 is 43.2 Å². The smallest absolute Gasteiger partial charge is 1.00 e. The summed E-state index contributed by atoms with van der Waals surface area (Å²) in [5.41, 5.74) is 0. The van der Waals surface area contributed by atoms with E-state index in [-0.39, 0.29) is 55.9 Å². The topological polar surface area (TPSA) is 25.5 Å². The van der Waals surface area contributed by atoms with Crippen LogP contribution in [0.5, 0.6) is 0 Å². The molecule has 2 fully saturated rings. The van der Waals surface area contributed by atoms with Gasteiger partial charge in [-0.2, -0.15) is 0 Å². The minimum absolute atomic E-state index is 0. The molecule has 2 aliphatic rings. The molecule has 1 heterocycles. The Kier molecular flexibility index (Phi) is 21.6. The van der Waals surface area contributed by atoms with E-state index >= 15 is 0 Å². The maximum Gasteiger partial charge on any atom is 3.00 e. The number of halogens is 1. The van der Waals surface area contributed by atoms with Crippen molar-refractivity contribution in [2.75, 3.05) is 0 Å². The fourth-order valence-electron chi connectivity index (χ4n) is 2.68. The molecule has 22 heavy (non-hydrogen) atoms. The zero-order valence-electron chi connectivity index (χ0n) is 14.0. The summed E-state index contributed by atoms with van der Waals surface area (Å²) in [6, 6.07) is 3.87. The third kappa shape index (κ3) is 11.7. The van der Waals surface area contributed by atoms with E-state index < -0.39 is 0 Å². The minimum atomic E-state index is 0. The summed E-state index contributed by atoms with van der Waals surface area (Å²) in [6.45, 7) is 0.698. The van der Waals surface area contributed by atoms with Gasteiger partial charge in [0.25, 0.3) is 0 Å². The Hall–Kier alpha value is 0.199. The van der Waals surface area contributed by atoms with Gasteiger partial charge in [-0.15, -0.1) is 0 Å². The molecule has 2 nitrogen and oxygen atoms in total. The Morgan fingerprint density at radius 2 is 1.55 bits per heavy atom. The fourth-order valence-corrected chi connectivity index (χ4v) is 2.68. The molecule has 0 atom stereocenters. The fraction of sp³-hybridized carbons (Fsp3) is 0.611. The van der Waals surface area contributed by atoms with Crippen molar-refractivity contribution in [3.05, 3.63) is 39.0 Å². The zero-order chi connectivity index (χ0) is 12.5. The second-order valence-corrected chi connectivity index (χ2v) is 5.38. The molecule has 4 heteroatoms. The SMILES string of the molecule is C(=NCc1ccco1)C1CCCC1.C1CCCC1.[CH3-].[CH3-].[Fe+3].[I-]. The minimum Gasteiger partial charge on any atom is -1.00 e. The number of aliphatic imine (C=N–C) groups is 1. The number of hydrogen-bond acceptors (Lipinski definition) is 2. The molecule has 0 amide bonds. The van der Waals surface area contributed by atoms with Gasteiger partial charge >= 0.3 is 17.1 Å². The van der Waals surface area contributed by atoms with Crippen LogP contribution in [0.4, 0.5) is 0 Å². The first-order valence-electron chi connectivity index (χ1n) is 7.47. The van der Waals surface area contributed by atoms with E-state index in [1.807, 2.05) is 12.1 Å². The molecule has 2 saturated carbocycles. The van der Waals surface area contributed by atoms with Crippen molar-refractivity contribution in [2.24, 2.45) is 10.9 Å². The number of nitrogens with zero attached hydrogens (tertiary/aromatic N) is 1. The Morgan fingerprint density at radius 3 is 2.00 bits per heavy atom. The van der Waals surface area contributed by atoms with E-state index in [1.54, 1.807) is 6.26 Å². The number of rotatable bonds is 3. The van der Waals surface area contributed by atoms with E-state index in [0.29, 0.717) is 6.54 Å². The molecule has 0 N–H and O–H groups in total. The van der Waals surface area contributed by atoms with Crippen LogP contribution < -0.4 is 24.0 Å². The van der Waals surface area contributed by atoms with E-state index in [2.05, 4.69) is 11.2 Å². The third-order valence-electron chi connectivity index (χ3n) is 3.79. The van der Waals surface area contributed by atoms with Crippen LogP contribution in [0.3, 0.4) is 0 Å². The van der Waals surface area contributed by atoms with Crippen LogP contribution in [0.15, 0.2) is 27.8 Å². The second-order valence-electron chi connectivity index (χ2n) is 5.38. The Morgan fingerprint density at radius 1 is 1.00 bits per heavy atom. The van der Waals surface area contributed by atoms with Gasteiger partial charge in [0.2, 0.25) is 0 Å². The Bertz CT molecular complexity index is 323. The van der Waals surface area contributed by atoms with Crippen molar-refractivity contribution in [3.8, 4) is 0 Å². The van der Waals surface area contributed by atoms with Crippen LogP contribution >= 0.6 is 0 Å². The van der Waals surface area contributed by atoms with E-state index in [1.165, 1.54) is 57.8 Å². The van der Waals surface area contributed by atoms with E-state index in [9.17, 15) is 0 Å². The Labute approximate surface area is 165 Å².